The molecule has 0 bridgehead atoms. The SMILES string of the molecule is Cc1ccc(C)n1C[C@@H](CCl)OC(=O)Oc1ccccc1. The maximum Gasteiger partial charge on any atom is 0.514 e. The van der Waals surface area contributed by atoms with Crippen LogP contribution < -0.4 is 4.74 Å². The quantitative estimate of drug-likeness (QED) is 0.477. The number of nitrogens with zero attached hydrogens (tertiary/aromatic N) is 1. The molecule has 0 saturated carbocycles. The maximum atomic E-state index is 11.8. The number of benzene rings is 1. The van der Waals surface area contributed by atoms with Gasteiger partial charge in [0.15, 0.2) is 0 Å². The summed E-state index contributed by atoms with van der Waals surface area (Å²) in [6, 6.07) is 12.8. The highest BCUT2D eigenvalue weighted by Gasteiger charge is 2.17. The third-order valence-corrected chi connectivity index (χ3v) is 3.53. The molecule has 21 heavy (non-hydrogen) atoms. The number of aryl methyl sites for hydroxylation is 2. The largest absolute Gasteiger partial charge is 0.514 e. The average molecular weight is 308 g/mol. The Hall–Kier alpha value is -1.94. The van der Waals surface area contributed by atoms with Crippen molar-refractivity contribution in [2.75, 3.05) is 5.88 Å². The van der Waals surface area contributed by atoms with Crippen LogP contribution in [0.15, 0.2) is 42.5 Å². The number of para-hydroxylation sites is 1. The van der Waals surface area contributed by atoms with Crippen LogP contribution in [0, 0.1) is 13.8 Å². The standard InChI is InChI=1S/C16H18ClNO3/c1-12-8-9-13(2)18(12)11-15(10-17)21-16(19)20-14-6-4-3-5-7-14/h3-9,15H,10-11H2,1-2H3/t15-/m1/s1. The lowest BCUT2D eigenvalue weighted by Gasteiger charge is -2.18. The molecule has 2 aromatic rings. The summed E-state index contributed by atoms with van der Waals surface area (Å²) in [5.41, 5.74) is 2.20. The molecule has 1 atom stereocenters. The van der Waals surface area contributed by atoms with Crippen molar-refractivity contribution in [1.82, 2.24) is 4.57 Å². The smallest absolute Gasteiger partial charge is 0.427 e. The van der Waals surface area contributed by atoms with E-state index in [1.165, 1.54) is 0 Å². The number of alkyl halides is 1. The summed E-state index contributed by atoms with van der Waals surface area (Å²) in [5, 5.41) is 0. The first kappa shape index (κ1) is 15.4. The minimum absolute atomic E-state index is 0.209. The van der Waals surface area contributed by atoms with Crippen molar-refractivity contribution in [1.29, 1.82) is 0 Å². The summed E-state index contributed by atoms with van der Waals surface area (Å²) >= 11 is 5.89. The van der Waals surface area contributed by atoms with Gasteiger partial charge in [-0.05, 0) is 38.1 Å². The predicted molar refractivity (Wildman–Crippen MR) is 82.0 cm³/mol. The van der Waals surface area contributed by atoms with Crippen molar-refractivity contribution in [2.24, 2.45) is 0 Å². The Labute approximate surface area is 129 Å². The van der Waals surface area contributed by atoms with Crippen molar-refractivity contribution in [2.45, 2.75) is 26.5 Å². The maximum absolute atomic E-state index is 11.8. The van der Waals surface area contributed by atoms with Crippen molar-refractivity contribution in [3.8, 4) is 5.75 Å². The summed E-state index contributed by atoms with van der Waals surface area (Å²) in [4.78, 5) is 11.8. The zero-order valence-corrected chi connectivity index (χ0v) is 12.8. The molecule has 0 spiro atoms. The highest BCUT2D eigenvalue weighted by atomic mass is 35.5. The third-order valence-electron chi connectivity index (χ3n) is 3.18. The van der Waals surface area contributed by atoms with E-state index < -0.39 is 12.3 Å². The molecule has 0 saturated heterocycles. The Morgan fingerprint density at radius 2 is 1.76 bits per heavy atom. The van der Waals surface area contributed by atoms with Crippen LogP contribution in [-0.2, 0) is 11.3 Å². The second-order valence-electron chi connectivity index (χ2n) is 4.79. The van der Waals surface area contributed by atoms with Crippen LogP contribution in [0.4, 0.5) is 4.79 Å². The summed E-state index contributed by atoms with van der Waals surface area (Å²) in [5.74, 6) is 0.658. The highest BCUT2D eigenvalue weighted by Crippen LogP contribution is 2.13. The van der Waals surface area contributed by atoms with Gasteiger partial charge in [0, 0.05) is 11.4 Å². The van der Waals surface area contributed by atoms with Crippen LogP contribution in [0.25, 0.3) is 0 Å². The van der Waals surface area contributed by atoms with Gasteiger partial charge in [0.2, 0.25) is 0 Å². The van der Waals surface area contributed by atoms with E-state index in [-0.39, 0.29) is 5.88 Å². The molecule has 1 aromatic heterocycles. The fourth-order valence-corrected chi connectivity index (χ4v) is 2.21. The van der Waals surface area contributed by atoms with E-state index in [1.807, 2.05) is 32.0 Å². The Kier molecular flexibility index (Phi) is 5.28. The van der Waals surface area contributed by atoms with Crippen LogP contribution in [-0.4, -0.2) is 22.7 Å². The Morgan fingerprint density at radius 3 is 2.33 bits per heavy atom. The molecule has 0 fully saturated rings. The fourth-order valence-electron chi connectivity index (χ4n) is 2.05. The van der Waals surface area contributed by atoms with Gasteiger partial charge in [-0.2, -0.15) is 0 Å². The fraction of sp³-hybridized carbons (Fsp3) is 0.312. The summed E-state index contributed by atoms with van der Waals surface area (Å²) in [6.07, 6.45) is -1.18. The topological polar surface area (TPSA) is 40.5 Å². The lowest BCUT2D eigenvalue weighted by atomic mass is 10.3. The van der Waals surface area contributed by atoms with Gasteiger partial charge in [0.05, 0.1) is 12.4 Å². The predicted octanol–water partition coefficient (Wildman–Crippen LogP) is 3.93. The molecular weight excluding hydrogens is 290 g/mol. The van der Waals surface area contributed by atoms with Crippen LogP contribution in [0.5, 0.6) is 5.75 Å². The van der Waals surface area contributed by atoms with Gasteiger partial charge in [-0.25, -0.2) is 4.79 Å². The number of hydrogen-bond acceptors (Lipinski definition) is 3. The number of hydrogen-bond donors (Lipinski definition) is 0. The van der Waals surface area contributed by atoms with Crippen molar-refractivity contribution in [3.05, 3.63) is 53.9 Å². The average Bonchev–Trinajstić information content (AvgIpc) is 2.79. The van der Waals surface area contributed by atoms with Gasteiger partial charge in [-0.1, -0.05) is 18.2 Å². The van der Waals surface area contributed by atoms with Crippen LogP contribution >= 0.6 is 11.6 Å². The number of halogens is 1. The van der Waals surface area contributed by atoms with E-state index >= 15 is 0 Å². The van der Waals surface area contributed by atoms with Gasteiger partial charge in [0.1, 0.15) is 11.9 Å². The Balaban J connectivity index is 1.94. The van der Waals surface area contributed by atoms with Crippen LogP contribution in [0.1, 0.15) is 11.4 Å². The molecule has 0 aliphatic rings. The molecule has 1 heterocycles. The minimum Gasteiger partial charge on any atom is -0.427 e. The van der Waals surface area contributed by atoms with Crippen LogP contribution in [0.2, 0.25) is 0 Å². The molecule has 0 amide bonds. The molecule has 0 radical (unpaired) electrons. The van der Waals surface area contributed by atoms with E-state index in [0.29, 0.717) is 12.3 Å². The molecule has 0 aliphatic heterocycles. The first-order valence-electron chi connectivity index (χ1n) is 6.72. The van der Waals surface area contributed by atoms with E-state index in [4.69, 9.17) is 21.1 Å². The van der Waals surface area contributed by atoms with E-state index in [9.17, 15) is 4.79 Å². The number of aromatic nitrogens is 1. The van der Waals surface area contributed by atoms with E-state index in [0.717, 1.165) is 11.4 Å². The molecule has 5 heteroatoms. The van der Waals surface area contributed by atoms with Crippen molar-refractivity contribution in [3.63, 3.8) is 0 Å². The van der Waals surface area contributed by atoms with E-state index in [1.54, 1.807) is 24.3 Å². The zero-order chi connectivity index (χ0) is 15.2. The third kappa shape index (κ3) is 4.26. The molecule has 0 unspecified atom stereocenters. The van der Waals surface area contributed by atoms with Crippen molar-refractivity contribution < 1.29 is 14.3 Å². The molecule has 0 aliphatic carbocycles. The first-order valence-corrected chi connectivity index (χ1v) is 7.26. The van der Waals surface area contributed by atoms with Crippen molar-refractivity contribution >= 4 is 17.8 Å². The van der Waals surface area contributed by atoms with Gasteiger partial charge in [-0.3, -0.25) is 0 Å². The monoisotopic (exact) mass is 307 g/mol. The van der Waals surface area contributed by atoms with Gasteiger partial charge in [0.25, 0.3) is 0 Å². The van der Waals surface area contributed by atoms with E-state index in [2.05, 4.69) is 4.57 Å². The number of carbonyl (C=O) groups excluding carboxylic acids is 1. The summed E-state index contributed by atoms with van der Waals surface area (Å²) < 4.78 is 12.4. The molecule has 4 nitrogen and oxygen atoms in total. The molecule has 2 rings (SSSR count). The summed E-state index contributed by atoms with van der Waals surface area (Å²) in [7, 11) is 0. The van der Waals surface area contributed by atoms with Crippen LogP contribution in [0.3, 0.4) is 0 Å². The Bertz CT molecular complexity index is 575. The zero-order valence-electron chi connectivity index (χ0n) is 12.1. The molecule has 112 valence electrons. The van der Waals surface area contributed by atoms with Gasteiger partial charge in [-0.15, -0.1) is 11.6 Å². The summed E-state index contributed by atoms with van der Waals surface area (Å²) in [6.45, 7) is 4.51. The molecule has 0 N–H and O–H groups in total. The second-order valence-corrected chi connectivity index (χ2v) is 5.09. The molecular formula is C16H18ClNO3. The lowest BCUT2D eigenvalue weighted by Crippen LogP contribution is -2.27. The minimum atomic E-state index is -0.741. The number of rotatable bonds is 5. The van der Waals surface area contributed by atoms with Gasteiger partial charge < -0.3 is 14.0 Å². The normalized spacial score (nSPS) is 12.0. The number of ether oxygens (including phenoxy) is 2. The second kappa shape index (κ2) is 7.18. The lowest BCUT2D eigenvalue weighted by molar-refractivity contribution is 0.0597. The molecule has 1 aromatic carbocycles. The highest BCUT2D eigenvalue weighted by molar-refractivity contribution is 6.18. The first-order chi connectivity index (χ1) is 10.1. The Morgan fingerprint density at radius 1 is 1.14 bits per heavy atom. The number of carbonyl (C=O) groups is 1. The van der Waals surface area contributed by atoms with Gasteiger partial charge >= 0.3 is 6.16 Å².